The molecule has 1 heterocycles. The zero-order valence-electron chi connectivity index (χ0n) is 22.9. The van der Waals surface area contributed by atoms with Gasteiger partial charge in [-0.2, -0.15) is 0 Å². The summed E-state index contributed by atoms with van der Waals surface area (Å²) in [5.74, 6) is 0.584. The number of hydrogen-bond donors (Lipinski definition) is 2. The predicted molar refractivity (Wildman–Crippen MR) is 174 cm³/mol. The molecule has 0 unspecified atom stereocenters. The smallest absolute Gasteiger partial charge is 0.252 e. The first-order chi connectivity index (χ1) is 20.8. The number of nitrogens with zero attached hydrogens (tertiary/aromatic N) is 1. The Balaban J connectivity index is 1.59. The number of nitrogens with one attached hydrogen (secondary N) is 1. The number of rotatable bonds is 11. The third-order valence-corrected chi connectivity index (χ3v) is 8.79. The van der Waals surface area contributed by atoms with Gasteiger partial charge in [0, 0.05) is 56.7 Å². The number of aliphatic hydroxyl groups is 1. The standard InChI is InChI=1S/C33H28BrCl3N2O4/c34-27-8-3-1-6-22(27)19-33(32(41)38-20-23-7-2-4-9-28(23)36)30(26-15-12-24(35)18-29(26)37)43-31(39-33)21-10-13-25(14-11-21)42-17-5-16-40/h1-4,6-15,18,30,40H,5,16-17,19-20H2,(H,38,41)/t30-,33-/m1/s1. The van der Waals surface area contributed by atoms with E-state index in [1.165, 1.54) is 0 Å². The van der Waals surface area contributed by atoms with Crippen molar-refractivity contribution in [2.75, 3.05) is 13.2 Å². The van der Waals surface area contributed by atoms with E-state index in [1.807, 2.05) is 54.6 Å². The number of carbonyl (C=O) groups excluding carboxylic acids is 1. The van der Waals surface area contributed by atoms with Crippen LogP contribution in [0.1, 0.15) is 34.8 Å². The van der Waals surface area contributed by atoms with E-state index < -0.39 is 11.6 Å². The number of ether oxygens (including phenoxy) is 2. The van der Waals surface area contributed by atoms with Gasteiger partial charge < -0.3 is 19.9 Å². The average Bonchev–Trinajstić information content (AvgIpc) is 3.38. The molecule has 5 rings (SSSR count). The average molecular weight is 703 g/mol. The van der Waals surface area contributed by atoms with Crippen molar-refractivity contribution in [3.05, 3.63) is 133 Å². The van der Waals surface area contributed by atoms with Gasteiger partial charge in [0.1, 0.15) is 5.75 Å². The summed E-state index contributed by atoms with van der Waals surface area (Å²) in [6, 6.07) is 27.4. The number of aliphatic imine (C=N–C) groups is 1. The minimum Gasteiger partial charge on any atom is -0.494 e. The van der Waals surface area contributed by atoms with Gasteiger partial charge in [0.05, 0.1) is 6.61 Å². The van der Waals surface area contributed by atoms with Crippen LogP contribution in [0.2, 0.25) is 15.1 Å². The summed E-state index contributed by atoms with van der Waals surface area (Å²) in [6.45, 7) is 0.642. The molecule has 43 heavy (non-hydrogen) atoms. The molecule has 0 saturated heterocycles. The molecular formula is C33H28BrCl3N2O4. The summed E-state index contributed by atoms with van der Waals surface area (Å²) in [5, 5.41) is 13.5. The molecule has 0 radical (unpaired) electrons. The van der Waals surface area contributed by atoms with Crippen LogP contribution in [0.3, 0.4) is 0 Å². The Morgan fingerprint density at radius 3 is 2.37 bits per heavy atom. The summed E-state index contributed by atoms with van der Waals surface area (Å²) in [6.07, 6.45) is -0.147. The van der Waals surface area contributed by atoms with Gasteiger partial charge in [0.25, 0.3) is 5.91 Å². The van der Waals surface area contributed by atoms with E-state index in [2.05, 4.69) is 21.2 Å². The zero-order chi connectivity index (χ0) is 30.4. The molecule has 2 atom stereocenters. The maximum absolute atomic E-state index is 14.4. The summed E-state index contributed by atoms with van der Waals surface area (Å²) in [7, 11) is 0. The molecule has 4 aromatic rings. The normalized spacial score (nSPS) is 17.7. The highest BCUT2D eigenvalue weighted by atomic mass is 79.9. The highest BCUT2D eigenvalue weighted by molar-refractivity contribution is 9.10. The lowest BCUT2D eigenvalue weighted by Crippen LogP contribution is -2.49. The van der Waals surface area contributed by atoms with Crippen molar-refractivity contribution in [1.82, 2.24) is 5.32 Å². The second-order valence-electron chi connectivity index (χ2n) is 10.00. The lowest BCUT2D eigenvalue weighted by Gasteiger charge is -2.31. The maximum atomic E-state index is 14.4. The molecular weight excluding hydrogens is 675 g/mol. The van der Waals surface area contributed by atoms with Crippen molar-refractivity contribution in [2.24, 2.45) is 4.99 Å². The molecule has 1 aliphatic rings. The van der Waals surface area contributed by atoms with Crippen molar-refractivity contribution in [2.45, 2.75) is 31.0 Å². The molecule has 222 valence electrons. The fourth-order valence-electron chi connectivity index (χ4n) is 4.88. The van der Waals surface area contributed by atoms with Crippen molar-refractivity contribution >= 4 is 62.5 Å². The fraction of sp³-hybridized carbons (Fsp3) is 0.212. The first-order valence-electron chi connectivity index (χ1n) is 13.6. The van der Waals surface area contributed by atoms with E-state index in [9.17, 15) is 4.79 Å². The number of carbonyl (C=O) groups is 1. The highest BCUT2D eigenvalue weighted by Gasteiger charge is 2.54. The number of amides is 1. The van der Waals surface area contributed by atoms with Gasteiger partial charge in [-0.3, -0.25) is 4.79 Å². The topological polar surface area (TPSA) is 80.2 Å². The van der Waals surface area contributed by atoms with Crippen molar-refractivity contribution < 1.29 is 19.4 Å². The molecule has 0 bridgehead atoms. The quantitative estimate of drug-likeness (QED) is 0.155. The van der Waals surface area contributed by atoms with Gasteiger partial charge in [0.15, 0.2) is 11.6 Å². The summed E-state index contributed by atoms with van der Waals surface area (Å²) in [5.41, 5.74) is 1.43. The molecule has 0 aliphatic carbocycles. The van der Waals surface area contributed by atoms with E-state index in [0.717, 1.165) is 15.6 Å². The van der Waals surface area contributed by atoms with Crippen LogP contribution in [0.5, 0.6) is 5.75 Å². The molecule has 0 spiro atoms. The molecule has 0 aromatic heterocycles. The highest BCUT2D eigenvalue weighted by Crippen LogP contribution is 2.45. The SMILES string of the molecule is O=C(NCc1ccccc1Cl)[C@]1(Cc2ccccc2Br)N=C(c2ccc(OCCCO)cc2)O[C@@H]1c1ccc(Cl)cc1Cl. The van der Waals surface area contributed by atoms with E-state index in [4.69, 9.17) is 54.4 Å². The summed E-state index contributed by atoms with van der Waals surface area (Å²) >= 11 is 23.0. The van der Waals surface area contributed by atoms with Gasteiger partial charge >= 0.3 is 0 Å². The summed E-state index contributed by atoms with van der Waals surface area (Å²) in [4.78, 5) is 19.5. The van der Waals surface area contributed by atoms with E-state index >= 15 is 0 Å². The van der Waals surface area contributed by atoms with Crippen LogP contribution in [-0.2, 0) is 22.5 Å². The van der Waals surface area contributed by atoms with E-state index in [0.29, 0.717) is 45.0 Å². The van der Waals surface area contributed by atoms with Crippen molar-refractivity contribution in [3.63, 3.8) is 0 Å². The van der Waals surface area contributed by atoms with Crippen LogP contribution in [0.4, 0.5) is 0 Å². The third kappa shape index (κ3) is 7.19. The van der Waals surface area contributed by atoms with E-state index in [1.54, 1.807) is 36.4 Å². The lowest BCUT2D eigenvalue weighted by atomic mass is 9.82. The Labute approximate surface area is 273 Å². The van der Waals surface area contributed by atoms with Crippen LogP contribution < -0.4 is 10.1 Å². The molecule has 4 aromatic carbocycles. The predicted octanol–water partition coefficient (Wildman–Crippen LogP) is 7.99. The van der Waals surface area contributed by atoms with Gasteiger partial charge in [-0.1, -0.05) is 93.2 Å². The molecule has 1 aliphatic heterocycles. The molecule has 1 amide bonds. The number of aliphatic hydroxyl groups excluding tert-OH is 1. The van der Waals surface area contributed by atoms with Crippen LogP contribution in [0.15, 0.2) is 100 Å². The van der Waals surface area contributed by atoms with E-state index in [-0.39, 0.29) is 31.4 Å². The summed E-state index contributed by atoms with van der Waals surface area (Å²) < 4.78 is 13.1. The minimum absolute atomic E-state index is 0.0511. The molecule has 2 N–H and O–H groups in total. The Morgan fingerprint density at radius 1 is 0.953 bits per heavy atom. The third-order valence-electron chi connectivity index (χ3n) is 7.09. The zero-order valence-corrected chi connectivity index (χ0v) is 26.8. The molecule has 10 heteroatoms. The van der Waals surface area contributed by atoms with Gasteiger partial charge in [0.2, 0.25) is 5.90 Å². The first kappa shape index (κ1) is 31.4. The lowest BCUT2D eigenvalue weighted by molar-refractivity contribution is -0.129. The van der Waals surface area contributed by atoms with Crippen LogP contribution >= 0.6 is 50.7 Å². The number of halogens is 4. The maximum Gasteiger partial charge on any atom is 0.252 e. The largest absolute Gasteiger partial charge is 0.494 e. The van der Waals surface area contributed by atoms with Crippen molar-refractivity contribution in [3.8, 4) is 5.75 Å². The van der Waals surface area contributed by atoms with Gasteiger partial charge in [-0.25, -0.2) is 4.99 Å². The monoisotopic (exact) mass is 700 g/mol. The first-order valence-corrected chi connectivity index (χ1v) is 15.5. The number of hydrogen-bond acceptors (Lipinski definition) is 5. The second-order valence-corrected chi connectivity index (χ2v) is 12.1. The van der Waals surface area contributed by atoms with Crippen LogP contribution in [-0.4, -0.2) is 35.7 Å². The Bertz CT molecular complexity index is 1630. The fourth-order valence-corrected chi connectivity index (χ4v) is 6.01. The van der Waals surface area contributed by atoms with Crippen LogP contribution in [0, 0.1) is 0 Å². The number of benzene rings is 4. The van der Waals surface area contributed by atoms with Crippen LogP contribution in [0.25, 0.3) is 0 Å². The van der Waals surface area contributed by atoms with Crippen molar-refractivity contribution in [1.29, 1.82) is 0 Å². The minimum atomic E-state index is -1.45. The molecule has 0 fully saturated rings. The van der Waals surface area contributed by atoms with Gasteiger partial charge in [-0.15, -0.1) is 0 Å². The second kappa shape index (κ2) is 14.1. The Morgan fingerprint density at radius 2 is 1.67 bits per heavy atom. The Hall–Kier alpha value is -3.07. The molecule has 6 nitrogen and oxygen atoms in total. The molecule has 0 saturated carbocycles. The van der Waals surface area contributed by atoms with Gasteiger partial charge in [-0.05, 0) is 59.7 Å². The Kier molecular flexibility index (Phi) is 10.3.